The molecule has 0 saturated heterocycles. The van der Waals surface area contributed by atoms with Crippen LogP contribution < -0.4 is 5.48 Å². The van der Waals surface area contributed by atoms with E-state index in [4.69, 9.17) is 4.84 Å². The van der Waals surface area contributed by atoms with Crippen LogP contribution in [0.2, 0.25) is 0 Å². The van der Waals surface area contributed by atoms with E-state index >= 15 is 0 Å². The van der Waals surface area contributed by atoms with Gasteiger partial charge in [0.15, 0.2) is 11.6 Å². The van der Waals surface area contributed by atoms with Crippen molar-refractivity contribution in [3.8, 4) is 0 Å². The number of hydrogen-bond acceptors (Lipinski definition) is 3. The highest BCUT2D eigenvalue weighted by molar-refractivity contribution is 7.09. The third kappa shape index (κ3) is 3.12. The first-order valence-electron chi connectivity index (χ1n) is 5.06. The average molecular weight is 269 g/mol. The molecule has 0 unspecified atom stereocenters. The molecule has 0 atom stereocenters. The van der Waals surface area contributed by atoms with E-state index in [0.29, 0.717) is 0 Å². The lowest BCUT2D eigenvalue weighted by Gasteiger charge is -2.05. The molecule has 0 saturated carbocycles. The summed E-state index contributed by atoms with van der Waals surface area (Å²) in [4.78, 5) is 17.4. The van der Waals surface area contributed by atoms with Crippen molar-refractivity contribution in [2.24, 2.45) is 0 Å². The zero-order chi connectivity index (χ0) is 13.0. The number of nitrogens with one attached hydrogen (secondary N) is 1. The lowest BCUT2D eigenvalue weighted by Crippen LogP contribution is -2.23. The lowest BCUT2D eigenvalue weighted by atomic mass is 10.2. The van der Waals surface area contributed by atoms with Crippen LogP contribution in [0.5, 0.6) is 0 Å². The quantitative estimate of drug-likeness (QED) is 0.867. The molecule has 0 aliphatic heterocycles. The predicted octanol–water partition coefficient (Wildman–Crippen LogP) is 2.89. The van der Waals surface area contributed by atoms with E-state index in [1.807, 2.05) is 17.5 Å². The number of benzene rings is 1. The second-order valence-electron chi connectivity index (χ2n) is 3.43. The van der Waals surface area contributed by atoms with Crippen molar-refractivity contribution in [3.63, 3.8) is 0 Å². The van der Waals surface area contributed by atoms with E-state index in [9.17, 15) is 13.6 Å². The minimum absolute atomic E-state index is 0.0000737. The molecule has 0 fully saturated rings. The van der Waals surface area contributed by atoms with Gasteiger partial charge < -0.3 is 0 Å². The van der Waals surface area contributed by atoms with Gasteiger partial charge in [0.1, 0.15) is 6.61 Å². The molecule has 0 aliphatic carbocycles. The van der Waals surface area contributed by atoms with Crippen LogP contribution in [0, 0.1) is 11.6 Å². The van der Waals surface area contributed by atoms with Crippen LogP contribution in [-0.4, -0.2) is 5.91 Å². The van der Waals surface area contributed by atoms with Crippen molar-refractivity contribution in [3.05, 3.63) is 57.8 Å². The van der Waals surface area contributed by atoms with Gasteiger partial charge in [0, 0.05) is 10.4 Å². The molecule has 1 aromatic carbocycles. The Balaban J connectivity index is 1.89. The van der Waals surface area contributed by atoms with Crippen molar-refractivity contribution in [2.75, 3.05) is 0 Å². The molecule has 2 rings (SSSR count). The van der Waals surface area contributed by atoms with Crippen LogP contribution in [0.4, 0.5) is 8.78 Å². The number of carbonyl (C=O) groups excluding carboxylic acids is 1. The molecule has 0 bridgehead atoms. The summed E-state index contributed by atoms with van der Waals surface area (Å²) in [5, 5.41) is 1.88. The second kappa shape index (κ2) is 5.70. The summed E-state index contributed by atoms with van der Waals surface area (Å²) in [6, 6.07) is 6.61. The van der Waals surface area contributed by atoms with Crippen LogP contribution in [0.3, 0.4) is 0 Å². The maximum atomic E-state index is 12.9. The molecular weight excluding hydrogens is 260 g/mol. The smallest absolute Gasteiger partial charge is 0.268 e. The van der Waals surface area contributed by atoms with Crippen molar-refractivity contribution in [1.29, 1.82) is 0 Å². The zero-order valence-corrected chi connectivity index (χ0v) is 9.97. The molecule has 1 heterocycles. The Morgan fingerprint density at radius 1 is 1.28 bits per heavy atom. The summed E-state index contributed by atoms with van der Waals surface area (Å²) >= 11 is 1.49. The molecule has 1 amide bonds. The Kier molecular flexibility index (Phi) is 4.01. The van der Waals surface area contributed by atoms with E-state index in [2.05, 4.69) is 5.48 Å². The summed E-state index contributed by atoms with van der Waals surface area (Å²) in [6.07, 6.45) is 0. The number of halogens is 2. The fourth-order valence-corrected chi connectivity index (χ4v) is 1.88. The lowest BCUT2D eigenvalue weighted by molar-refractivity contribution is 0.0243. The van der Waals surface area contributed by atoms with Gasteiger partial charge in [-0.1, -0.05) is 6.07 Å². The SMILES string of the molecule is O=C(NOCc1cccs1)c1ccc(F)c(F)c1. The summed E-state index contributed by atoms with van der Waals surface area (Å²) in [5.74, 6) is -2.68. The van der Waals surface area contributed by atoms with Gasteiger partial charge in [-0.25, -0.2) is 14.3 Å². The number of amides is 1. The predicted molar refractivity (Wildman–Crippen MR) is 62.9 cm³/mol. The van der Waals surface area contributed by atoms with Gasteiger partial charge in [-0.3, -0.25) is 9.63 Å². The van der Waals surface area contributed by atoms with E-state index in [0.717, 1.165) is 17.0 Å². The Labute approximate surface area is 106 Å². The summed E-state index contributed by atoms with van der Waals surface area (Å²) in [5.41, 5.74) is 2.16. The molecule has 3 nitrogen and oxygen atoms in total. The van der Waals surface area contributed by atoms with Gasteiger partial charge in [-0.2, -0.15) is 0 Å². The maximum absolute atomic E-state index is 12.9. The molecule has 6 heteroatoms. The Morgan fingerprint density at radius 3 is 2.78 bits per heavy atom. The Morgan fingerprint density at radius 2 is 2.11 bits per heavy atom. The van der Waals surface area contributed by atoms with Crippen molar-refractivity contribution in [1.82, 2.24) is 5.48 Å². The van der Waals surface area contributed by atoms with E-state index in [-0.39, 0.29) is 12.2 Å². The van der Waals surface area contributed by atoms with E-state index < -0.39 is 17.5 Å². The average Bonchev–Trinajstić information content (AvgIpc) is 2.85. The molecule has 2 aromatic rings. The number of carbonyl (C=O) groups is 1. The molecule has 1 N–H and O–H groups in total. The van der Waals surface area contributed by atoms with Gasteiger partial charge in [0.25, 0.3) is 5.91 Å². The number of hydroxylamine groups is 1. The standard InChI is InChI=1S/C12H9F2NO2S/c13-10-4-3-8(6-11(10)14)12(16)15-17-7-9-2-1-5-18-9/h1-6H,7H2,(H,15,16). The fraction of sp³-hybridized carbons (Fsp3) is 0.0833. The van der Waals surface area contributed by atoms with E-state index in [1.165, 1.54) is 17.4 Å². The summed E-state index contributed by atoms with van der Waals surface area (Å²) in [6.45, 7) is 0.229. The molecular formula is C12H9F2NO2S. The van der Waals surface area contributed by atoms with Gasteiger partial charge in [0.2, 0.25) is 0 Å². The number of rotatable bonds is 4. The fourth-order valence-electron chi connectivity index (χ4n) is 1.26. The van der Waals surface area contributed by atoms with Crippen LogP contribution in [-0.2, 0) is 11.4 Å². The molecule has 1 aromatic heterocycles. The van der Waals surface area contributed by atoms with E-state index in [1.54, 1.807) is 0 Å². The minimum Gasteiger partial charge on any atom is -0.268 e. The van der Waals surface area contributed by atoms with Gasteiger partial charge in [-0.15, -0.1) is 11.3 Å². The third-order valence-corrected chi connectivity index (χ3v) is 2.99. The molecule has 0 spiro atoms. The first-order chi connectivity index (χ1) is 8.66. The normalized spacial score (nSPS) is 10.3. The highest BCUT2D eigenvalue weighted by atomic mass is 32.1. The Hall–Kier alpha value is -1.79. The molecule has 0 radical (unpaired) electrons. The van der Waals surface area contributed by atoms with Crippen LogP contribution in [0.15, 0.2) is 35.7 Å². The monoisotopic (exact) mass is 269 g/mol. The molecule has 18 heavy (non-hydrogen) atoms. The molecule has 94 valence electrons. The summed E-state index contributed by atoms with van der Waals surface area (Å²) in [7, 11) is 0. The molecule has 0 aliphatic rings. The highest BCUT2D eigenvalue weighted by Crippen LogP contribution is 2.10. The maximum Gasteiger partial charge on any atom is 0.274 e. The number of thiophene rings is 1. The van der Waals surface area contributed by atoms with Crippen LogP contribution in [0.25, 0.3) is 0 Å². The van der Waals surface area contributed by atoms with Crippen LogP contribution >= 0.6 is 11.3 Å². The summed E-state index contributed by atoms with van der Waals surface area (Å²) < 4.78 is 25.6. The largest absolute Gasteiger partial charge is 0.274 e. The van der Waals surface area contributed by atoms with Crippen molar-refractivity contribution >= 4 is 17.2 Å². The second-order valence-corrected chi connectivity index (χ2v) is 4.46. The minimum atomic E-state index is -1.07. The van der Waals surface area contributed by atoms with Gasteiger partial charge >= 0.3 is 0 Å². The first kappa shape index (κ1) is 12.7. The van der Waals surface area contributed by atoms with Gasteiger partial charge in [-0.05, 0) is 29.6 Å². The van der Waals surface area contributed by atoms with Crippen molar-refractivity contribution < 1.29 is 18.4 Å². The van der Waals surface area contributed by atoms with Crippen molar-refractivity contribution in [2.45, 2.75) is 6.61 Å². The third-order valence-electron chi connectivity index (χ3n) is 2.14. The highest BCUT2D eigenvalue weighted by Gasteiger charge is 2.09. The van der Waals surface area contributed by atoms with Crippen LogP contribution in [0.1, 0.15) is 15.2 Å². The van der Waals surface area contributed by atoms with Gasteiger partial charge in [0.05, 0.1) is 0 Å². The zero-order valence-electron chi connectivity index (χ0n) is 9.15. The topological polar surface area (TPSA) is 38.3 Å². The number of hydrogen-bond donors (Lipinski definition) is 1. The Bertz CT molecular complexity index is 543. The first-order valence-corrected chi connectivity index (χ1v) is 5.94.